The van der Waals surface area contributed by atoms with E-state index in [9.17, 15) is 0 Å². The van der Waals surface area contributed by atoms with Crippen molar-refractivity contribution in [1.82, 2.24) is 15.3 Å². The van der Waals surface area contributed by atoms with Crippen molar-refractivity contribution >= 4 is 18.1 Å². The number of rotatable bonds is 14. The Balaban J connectivity index is 2.08. The summed E-state index contributed by atoms with van der Waals surface area (Å²) in [7, 11) is 1.75. The van der Waals surface area contributed by atoms with Crippen LogP contribution in [0.3, 0.4) is 0 Å². The van der Waals surface area contributed by atoms with Crippen molar-refractivity contribution in [2.75, 3.05) is 20.3 Å². The minimum absolute atomic E-state index is 0.271. The first-order chi connectivity index (χ1) is 17.4. The number of nitrogens with two attached hydrogens (primary N) is 2. The first kappa shape index (κ1) is 29.1. The molecule has 1 aromatic rings. The van der Waals surface area contributed by atoms with Crippen LogP contribution in [0.1, 0.15) is 76.1 Å². The summed E-state index contributed by atoms with van der Waals surface area (Å²) in [6.45, 7) is 8.52. The van der Waals surface area contributed by atoms with Gasteiger partial charge in [-0.25, -0.2) is 10.8 Å². The van der Waals surface area contributed by atoms with Crippen molar-refractivity contribution < 1.29 is 4.74 Å². The fourth-order valence-electron chi connectivity index (χ4n) is 4.08. The van der Waals surface area contributed by atoms with Gasteiger partial charge in [0.15, 0.2) is 0 Å². The largest absolute Gasteiger partial charge is 0.489 e. The number of nitrogens with zero attached hydrogens (tertiary/aromatic N) is 4. The van der Waals surface area contributed by atoms with Gasteiger partial charge in [-0.1, -0.05) is 19.8 Å². The van der Waals surface area contributed by atoms with Gasteiger partial charge in [0.2, 0.25) is 0 Å². The molecule has 2 rings (SSSR count). The van der Waals surface area contributed by atoms with E-state index < -0.39 is 0 Å². The van der Waals surface area contributed by atoms with E-state index in [1.165, 1.54) is 24.3 Å². The number of ether oxygens (including phenoxy) is 1. The number of aliphatic imine (C=N–C) groups is 2. The number of allylic oxidation sites excluding steroid dienone is 2. The summed E-state index contributed by atoms with van der Waals surface area (Å²) in [6.07, 6.45) is 17.1. The normalized spacial score (nSPS) is 15.8. The third-order valence-corrected chi connectivity index (χ3v) is 6.19. The molecule has 1 fully saturated rings. The summed E-state index contributed by atoms with van der Waals surface area (Å²) in [5.41, 5.74) is 10.9. The first-order valence-electron chi connectivity index (χ1n) is 12.9. The lowest BCUT2D eigenvalue weighted by atomic mass is 9.98. The maximum atomic E-state index is 6.49. The number of unbranched alkanes of at least 4 members (excludes halogenated alkanes) is 1. The summed E-state index contributed by atoms with van der Waals surface area (Å²) in [5, 5.41) is 4.78. The number of terminal acetylenes is 1. The second kappa shape index (κ2) is 15.8. The van der Waals surface area contributed by atoms with Gasteiger partial charge in [0.1, 0.15) is 5.75 Å². The molecular formula is C28H43N7O. The highest BCUT2D eigenvalue weighted by atomic mass is 16.5. The number of aryl methyl sites for hydroxylation is 1. The molecule has 36 heavy (non-hydrogen) atoms. The summed E-state index contributed by atoms with van der Waals surface area (Å²) in [6, 6.07) is 3.84. The van der Waals surface area contributed by atoms with E-state index in [4.69, 9.17) is 27.7 Å². The predicted octanol–water partition coefficient (Wildman–Crippen LogP) is 4.32. The van der Waals surface area contributed by atoms with Crippen molar-refractivity contribution in [2.24, 2.45) is 21.6 Å². The van der Waals surface area contributed by atoms with Crippen LogP contribution in [0.25, 0.3) is 5.70 Å². The standard InChI is InChI=1S/C28H43N7O/c1-6-8-13-22(31-4)18-23(12-7-2)33-20-32-19-26(35(5)30)28(29)25-16-17-27(21(3)34-25)36-24-14-10-9-11-15-24/h2,16-18,24,32H,4,6,8-15,19-20,29-30H2,1,3,5H3/b22-18-,28-26-,33-23?. The van der Waals surface area contributed by atoms with Gasteiger partial charge in [-0.2, -0.15) is 0 Å². The van der Waals surface area contributed by atoms with Crippen LogP contribution >= 0.6 is 0 Å². The van der Waals surface area contributed by atoms with Gasteiger partial charge in [-0.15, -0.1) is 12.3 Å². The highest BCUT2D eigenvalue weighted by Crippen LogP contribution is 2.26. The van der Waals surface area contributed by atoms with Crippen LogP contribution in [-0.4, -0.2) is 48.8 Å². The van der Waals surface area contributed by atoms with E-state index in [0.717, 1.165) is 55.0 Å². The zero-order valence-corrected chi connectivity index (χ0v) is 22.2. The summed E-state index contributed by atoms with van der Waals surface area (Å²) < 4.78 is 6.20. The van der Waals surface area contributed by atoms with Gasteiger partial charge in [0, 0.05) is 19.3 Å². The Morgan fingerprint density at radius 2 is 2.11 bits per heavy atom. The van der Waals surface area contributed by atoms with Crippen LogP contribution in [0.4, 0.5) is 0 Å². The van der Waals surface area contributed by atoms with Gasteiger partial charge in [0.25, 0.3) is 0 Å². The van der Waals surface area contributed by atoms with Crippen molar-refractivity contribution in [2.45, 2.75) is 77.7 Å². The minimum atomic E-state index is 0.271. The molecule has 1 aliphatic carbocycles. The smallest absolute Gasteiger partial charge is 0.140 e. The SMILES string of the molecule is C#CCC(/C=C(/CCCC)N=C)=NCNC/C(=C(/N)c1ccc(OC2CCCCC2)c(C)n1)N(C)N. The van der Waals surface area contributed by atoms with E-state index in [1.807, 2.05) is 25.1 Å². The van der Waals surface area contributed by atoms with Crippen molar-refractivity contribution in [3.05, 3.63) is 41.0 Å². The van der Waals surface area contributed by atoms with Crippen molar-refractivity contribution in [3.8, 4) is 18.1 Å². The second-order valence-corrected chi connectivity index (χ2v) is 9.14. The molecule has 0 amide bonds. The van der Waals surface area contributed by atoms with E-state index in [1.54, 1.807) is 7.05 Å². The molecule has 1 aromatic heterocycles. The Hall–Kier alpha value is -3.15. The molecule has 8 heteroatoms. The molecule has 5 N–H and O–H groups in total. The summed E-state index contributed by atoms with van der Waals surface area (Å²) in [4.78, 5) is 13.4. The Morgan fingerprint density at radius 3 is 2.72 bits per heavy atom. The minimum Gasteiger partial charge on any atom is -0.489 e. The number of hydrogen-bond donors (Lipinski definition) is 3. The molecule has 0 aromatic carbocycles. The molecule has 0 atom stereocenters. The Labute approximate surface area is 217 Å². The molecule has 0 radical (unpaired) electrons. The highest BCUT2D eigenvalue weighted by molar-refractivity contribution is 5.97. The quantitative estimate of drug-likeness (QED) is 0.117. The van der Waals surface area contributed by atoms with Crippen molar-refractivity contribution in [1.29, 1.82) is 0 Å². The van der Waals surface area contributed by atoms with Gasteiger partial charge < -0.3 is 15.5 Å². The van der Waals surface area contributed by atoms with Gasteiger partial charge >= 0.3 is 0 Å². The lowest BCUT2D eigenvalue weighted by Gasteiger charge is -2.24. The first-order valence-corrected chi connectivity index (χ1v) is 12.9. The van der Waals surface area contributed by atoms with Crippen LogP contribution in [0.15, 0.2) is 39.6 Å². The predicted molar refractivity (Wildman–Crippen MR) is 150 cm³/mol. The van der Waals surface area contributed by atoms with Gasteiger partial charge in [-0.3, -0.25) is 15.3 Å². The lowest BCUT2D eigenvalue weighted by Crippen LogP contribution is -2.34. The number of aromatic nitrogens is 1. The third kappa shape index (κ3) is 9.48. The molecule has 0 unspecified atom stereocenters. The maximum Gasteiger partial charge on any atom is 0.140 e. The van der Waals surface area contributed by atoms with Crippen LogP contribution in [0.2, 0.25) is 0 Å². The van der Waals surface area contributed by atoms with Crippen molar-refractivity contribution in [3.63, 3.8) is 0 Å². The van der Waals surface area contributed by atoms with E-state index in [2.05, 4.69) is 34.9 Å². The highest BCUT2D eigenvalue weighted by Gasteiger charge is 2.17. The number of hydrazine groups is 1. The fraction of sp³-hybridized carbons (Fsp3) is 0.536. The van der Waals surface area contributed by atoms with Crippen LogP contribution < -0.4 is 21.6 Å². The molecule has 0 aliphatic heterocycles. The van der Waals surface area contributed by atoms with E-state index in [0.29, 0.717) is 36.7 Å². The zero-order valence-electron chi connectivity index (χ0n) is 22.2. The van der Waals surface area contributed by atoms with Gasteiger partial charge in [0.05, 0.1) is 47.7 Å². The number of pyridine rings is 1. The molecule has 8 nitrogen and oxygen atoms in total. The molecule has 196 valence electrons. The van der Waals surface area contributed by atoms with Crippen LogP contribution in [-0.2, 0) is 0 Å². The number of likely N-dealkylation sites (N-methyl/N-ethyl adjacent to an activating group) is 1. The summed E-state index contributed by atoms with van der Waals surface area (Å²) >= 11 is 0. The molecular weight excluding hydrogens is 450 g/mol. The number of hydrogen-bond acceptors (Lipinski definition) is 8. The molecule has 1 aliphatic rings. The number of nitrogens with one attached hydrogen (secondary N) is 1. The molecule has 1 saturated carbocycles. The zero-order chi connectivity index (χ0) is 26.3. The summed E-state index contributed by atoms with van der Waals surface area (Å²) in [5.74, 6) is 9.57. The molecule has 1 heterocycles. The third-order valence-electron chi connectivity index (χ3n) is 6.19. The molecule has 0 bridgehead atoms. The Bertz CT molecular complexity index is 982. The monoisotopic (exact) mass is 493 g/mol. The second-order valence-electron chi connectivity index (χ2n) is 9.14. The van der Waals surface area contributed by atoms with E-state index >= 15 is 0 Å². The van der Waals surface area contributed by atoms with Crippen LogP contribution in [0, 0.1) is 19.3 Å². The Kier molecular flexibility index (Phi) is 12.7. The van der Waals surface area contributed by atoms with Crippen LogP contribution in [0.5, 0.6) is 5.75 Å². The van der Waals surface area contributed by atoms with Gasteiger partial charge in [-0.05, 0) is 70.4 Å². The molecule has 0 saturated heterocycles. The fourth-order valence-corrected chi connectivity index (χ4v) is 4.08. The Morgan fingerprint density at radius 1 is 1.36 bits per heavy atom. The topological polar surface area (TPSA) is 114 Å². The molecule has 0 spiro atoms. The lowest BCUT2D eigenvalue weighted by molar-refractivity contribution is 0.153. The average molecular weight is 494 g/mol. The average Bonchev–Trinajstić information content (AvgIpc) is 2.87. The maximum absolute atomic E-state index is 6.49. The van der Waals surface area contributed by atoms with E-state index in [-0.39, 0.29) is 6.10 Å².